The minimum absolute atomic E-state index is 0.122. The van der Waals surface area contributed by atoms with Gasteiger partial charge in [0, 0.05) is 25.2 Å². The predicted molar refractivity (Wildman–Crippen MR) is 117 cm³/mol. The maximum absolute atomic E-state index is 12.1. The molecule has 2 bridgehead atoms. The zero-order valence-electron chi connectivity index (χ0n) is 16.7. The number of allylic oxidation sites excluding steroid dienone is 4. The molecular formula is C21H20ClN5O4. The van der Waals surface area contributed by atoms with Crippen LogP contribution in [0.25, 0.3) is 0 Å². The van der Waals surface area contributed by atoms with Gasteiger partial charge in [-0.1, -0.05) is 17.7 Å². The fourth-order valence-electron chi connectivity index (χ4n) is 3.20. The second-order valence-corrected chi connectivity index (χ2v) is 7.22. The van der Waals surface area contributed by atoms with Crippen molar-refractivity contribution in [1.82, 2.24) is 16.0 Å². The van der Waals surface area contributed by atoms with Crippen molar-refractivity contribution in [2.24, 2.45) is 9.98 Å². The molecule has 1 aromatic carbocycles. The van der Waals surface area contributed by atoms with Gasteiger partial charge < -0.3 is 25.4 Å². The standard InChI is InChI=1S/C21H20ClN5O4/c1-30-16-8-13-7-14-20(16)25-11-26-21(14)27-19-12(3-2-4-15(19)22)9-24-17(28)5-6-23-18(29)10-31-13/h2,4,7-9,11H,3,5-6,10H2,1H3,(H,23,29)(H,24,28)(H,25,26,27)/b12-9-. The maximum atomic E-state index is 12.1. The zero-order valence-corrected chi connectivity index (χ0v) is 17.5. The highest BCUT2D eigenvalue weighted by Crippen LogP contribution is 2.38. The lowest BCUT2D eigenvalue weighted by molar-refractivity contribution is -0.123. The molecule has 0 saturated carbocycles. The summed E-state index contributed by atoms with van der Waals surface area (Å²) in [5.41, 5.74) is 2.47. The van der Waals surface area contributed by atoms with Crippen molar-refractivity contribution in [2.45, 2.75) is 12.8 Å². The lowest BCUT2D eigenvalue weighted by atomic mass is 10.0. The third-order valence-corrected chi connectivity index (χ3v) is 5.03. The lowest BCUT2D eigenvalue weighted by Crippen LogP contribution is -2.32. The quantitative estimate of drug-likeness (QED) is 0.617. The molecule has 160 valence electrons. The van der Waals surface area contributed by atoms with Gasteiger partial charge in [0.2, 0.25) is 5.91 Å². The normalized spacial score (nSPS) is 22.0. The number of aliphatic imine (C=N–C) groups is 2. The molecule has 31 heavy (non-hydrogen) atoms. The third-order valence-electron chi connectivity index (χ3n) is 4.73. The molecule has 4 rings (SSSR count). The van der Waals surface area contributed by atoms with Crippen LogP contribution in [0.4, 0.5) is 5.69 Å². The Hall–Kier alpha value is -3.59. The highest BCUT2D eigenvalue weighted by molar-refractivity contribution is 6.32. The average Bonchev–Trinajstić information content (AvgIpc) is 2.77. The molecule has 2 amide bonds. The summed E-state index contributed by atoms with van der Waals surface area (Å²) in [5, 5.41) is 8.87. The zero-order chi connectivity index (χ0) is 21.8. The van der Waals surface area contributed by atoms with E-state index in [-0.39, 0.29) is 31.4 Å². The summed E-state index contributed by atoms with van der Waals surface area (Å²) in [6.45, 7) is -0.0203. The molecule has 10 heteroatoms. The largest absolute Gasteiger partial charge is 0.494 e. The lowest BCUT2D eigenvalue weighted by Gasteiger charge is -2.20. The number of nitrogens with one attached hydrogen (secondary N) is 3. The number of fused-ring (bicyclic) bond motifs is 2. The van der Waals surface area contributed by atoms with Crippen LogP contribution in [0.3, 0.4) is 0 Å². The fraction of sp³-hybridized carbons (Fsp3) is 0.238. The maximum Gasteiger partial charge on any atom is 0.257 e. The van der Waals surface area contributed by atoms with Gasteiger partial charge in [0.1, 0.15) is 23.0 Å². The molecule has 0 fully saturated rings. The van der Waals surface area contributed by atoms with E-state index in [1.165, 1.54) is 13.4 Å². The highest BCUT2D eigenvalue weighted by atomic mass is 35.5. The van der Waals surface area contributed by atoms with E-state index in [1.54, 1.807) is 24.4 Å². The number of carbonyl (C=O) groups is 2. The molecule has 0 saturated heterocycles. The first-order valence-electron chi connectivity index (χ1n) is 9.60. The Kier molecular flexibility index (Phi) is 6.03. The Morgan fingerprint density at radius 2 is 2.06 bits per heavy atom. The van der Waals surface area contributed by atoms with Gasteiger partial charge in [-0.15, -0.1) is 0 Å². The van der Waals surface area contributed by atoms with Crippen LogP contribution in [0.1, 0.15) is 18.4 Å². The topological polar surface area (TPSA) is 113 Å². The van der Waals surface area contributed by atoms with E-state index in [2.05, 4.69) is 20.9 Å². The smallest absolute Gasteiger partial charge is 0.257 e. The molecule has 3 N–H and O–H groups in total. The van der Waals surface area contributed by atoms with Crippen molar-refractivity contribution in [1.29, 1.82) is 0 Å². The number of nitrogens with zero attached hydrogens (tertiary/aromatic N) is 2. The number of hydrogen-bond donors (Lipinski definition) is 3. The van der Waals surface area contributed by atoms with E-state index in [0.717, 1.165) is 5.57 Å². The molecule has 1 aromatic rings. The van der Waals surface area contributed by atoms with Crippen molar-refractivity contribution in [2.75, 3.05) is 20.3 Å². The van der Waals surface area contributed by atoms with E-state index < -0.39 is 0 Å². The number of rotatable bonds is 1. The van der Waals surface area contributed by atoms with Crippen LogP contribution in [-0.2, 0) is 9.59 Å². The Morgan fingerprint density at radius 1 is 1.19 bits per heavy atom. The number of halogens is 1. The number of hydrogen-bond acceptors (Lipinski definition) is 7. The number of methoxy groups -OCH3 is 1. The van der Waals surface area contributed by atoms with Gasteiger partial charge in [-0.05, 0) is 24.1 Å². The summed E-state index contributed by atoms with van der Waals surface area (Å²) in [6.07, 6.45) is 7.44. The van der Waals surface area contributed by atoms with Gasteiger partial charge in [-0.25, -0.2) is 9.98 Å². The van der Waals surface area contributed by atoms with Crippen LogP contribution in [0.2, 0.25) is 0 Å². The van der Waals surface area contributed by atoms with Gasteiger partial charge in [-0.3, -0.25) is 9.59 Å². The number of carbonyl (C=O) groups excluding carboxylic acids is 2. The van der Waals surface area contributed by atoms with Crippen LogP contribution in [0.15, 0.2) is 56.8 Å². The number of amidine groups is 1. The molecule has 0 radical (unpaired) electrons. The predicted octanol–water partition coefficient (Wildman–Crippen LogP) is 2.01. The van der Waals surface area contributed by atoms with Crippen LogP contribution in [0, 0.1) is 0 Å². The Balaban J connectivity index is 1.84. The van der Waals surface area contributed by atoms with Gasteiger partial charge in [0.25, 0.3) is 5.91 Å². The van der Waals surface area contributed by atoms with Crippen LogP contribution in [0.5, 0.6) is 11.5 Å². The molecule has 0 aromatic heterocycles. The van der Waals surface area contributed by atoms with Crippen molar-refractivity contribution < 1.29 is 19.1 Å². The van der Waals surface area contributed by atoms with Crippen LogP contribution in [-0.4, -0.2) is 44.2 Å². The van der Waals surface area contributed by atoms with Gasteiger partial charge in [0.15, 0.2) is 6.61 Å². The summed E-state index contributed by atoms with van der Waals surface area (Å²) < 4.78 is 11.1. The third kappa shape index (κ3) is 4.61. The summed E-state index contributed by atoms with van der Waals surface area (Å²) >= 11 is 6.44. The van der Waals surface area contributed by atoms with Crippen LogP contribution >= 0.6 is 11.6 Å². The fourth-order valence-corrected chi connectivity index (χ4v) is 3.45. The van der Waals surface area contributed by atoms with Crippen molar-refractivity contribution in [3.05, 3.63) is 52.4 Å². The van der Waals surface area contributed by atoms with Crippen molar-refractivity contribution in [3.8, 4) is 11.5 Å². The number of benzene rings is 1. The molecule has 0 unspecified atom stereocenters. The molecule has 1 aliphatic carbocycles. The second-order valence-electron chi connectivity index (χ2n) is 6.81. The Morgan fingerprint density at radius 3 is 2.90 bits per heavy atom. The van der Waals surface area contributed by atoms with E-state index in [0.29, 0.717) is 45.7 Å². The molecular weight excluding hydrogens is 422 g/mol. The van der Waals surface area contributed by atoms with E-state index in [1.807, 2.05) is 6.08 Å². The van der Waals surface area contributed by atoms with Crippen molar-refractivity contribution in [3.63, 3.8) is 0 Å². The average molecular weight is 442 g/mol. The second kappa shape index (κ2) is 9.05. The van der Waals surface area contributed by atoms with Gasteiger partial charge in [-0.2, -0.15) is 0 Å². The minimum atomic E-state index is -0.339. The van der Waals surface area contributed by atoms with Gasteiger partial charge in [0.05, 0.1) is 29.7 Å². The molecule has 2 heterocycles. The molecule has 9 nitrogen and oxygen atoms in total. The first kappa shape index (κ1) is 20.7. The van der Waals surface area contributed by atoms with E-state index in [4.69, 9.17) is 26.1 Å². The van der Waals surface area contributed by atoms with Crippen LogP contribution < -0.4 is 25.4 Å². The first-order chi connectivity index (χ1) is 15.0. The summed E-state index contributed by atoms with van der Waals surface area (Å²) in [7, 11) is 1.53. The van der Waals surface area contributed by atoms with Gasteiger partial charge >= 0.3 is 0 Å². The molecule has 0 atom stereocenters. The SMILES string of the molecule is COc1cc2cc3c1N=CN/C3=N/C1=C(Cl)C=CC/C1=C/NC(=O)CCNC(=O)CO2. The molecule has 2 aliphatic heterocycles. The monoisotopic (exact) mass is 441 g/mol. The number of amides is 2. The Labute approximate surface area is 183 Å². The molecule has 3 aliphatic rings. The summed E-state index contributed by atoms with van der Waals surface area (Å²) in [5.74, 6) is 0.798. The Bertz CT molecular complexity index is 1090. The first-order valence-corrected chi connectivity index (χ1v) is 9.97. The number of ether oxygens (including phenoxy) is 2. The van der Waals surface area contributed by atoms with E-state index >= 15 is 0 Å². The molecule has 0 spiro atoms. The van der Waals surface area contributed by atoms with Crippen molar-refractivity contribution >= 4 is 41.3 Å². The highest BCUT2D eigenvalue weighted by Gasteiger charge is 2.22. The summed E-state index contributed by atoms with van der Waals surface area (Å²) in [6, 6.07) is 3.39. The summed E-state index contributed by atoms with van der Waals surface area (Å²) in [4.78, 5) is 33.3. The minimum Gasteiger partial charge on any atom is -0.494 e. The van der Waals surface area contributed by atoms with E-state index in [9.17, 15) is 9.59 Å².